The lowest BCUT2D eigenvalue weighted by atomic mass is 9.74. The molecule has 1 spiro atoms. The van der Waals surface area contributed by atoms with E-state index in [0.717, 1.165) is 39.0 Å². The molecule has 2 saturated heterocycles. The van der Waals surface area contributed by atoms with Crippen molar-refractivity contribution < 1.29 is 8.42 Å². The van der Waals surface area contributed by atoms with Crippen molar-refractivity contribution in [3.63, 3.8) is 0 Å². The van der Waals surface area contributed by atoms with E-state index in [9.17, 15) is 8.42 Å². The van der Waals surface area contributed by atoms with E-state index >= 15 is 0 Å². The van der Waals surface area contributed by atoms with Crippen molar-refractivity contribution in [2.75, 3.05) is 31.9 Å². The maximum atomic E-state index is 11.7. The van der Waals surface area contributed by atoms with E-state index in [4.69, 9.17) is 0 Å². The Bertz CT molecular complexity index is 312. The Balaban J connectivity index is 1.91. The average Bonchev–Trinajstić information content (AvgIpc) is 2.15. The molecule has 0 aliphatic carbocycles. The van der Waals surface area contributed by atoms with Gasteiger partial charge in [-0.3, -0.25) is 0 Å². The maximum absolute atomic E-state index is 11.7. The standard InChI is InChI=1S/C10H20N2O2S/c1-2-7-15(13,14)12-8-10(9-12)3-5-11-6-4-10/h11H,2-9H2,1H3. The largest absolute Gasteiger partial charge is 0.317 e. The number of piperidine rings is 1. The molecule has 5 heteroatoms. The van der Waals surface area contributed by atoms with Crippen LogP contribution in [0.3, 0.4) is 0 Å². The normalized spacial score (nSPS) is 26.5. The number of sulfonamides is 1. The molecule has 0 atom stereocenters. The van der Waals surface area contributed by atoms with Crippen LogP contribution in [0.5, 0.6) is 0 Å². The van der Waals surface area contributed by atoms with Gasteiger partial charge in [-0.05, 0) is 32.4 Å². The van der Waals surface area contributed by atoms with Gasteiger partial charge in [0.2, 0.25) is 10.0 Å². The fourth-order valence-corrected chi connectivity index (χ4v) is 4.27. The molecule has 0 radical (unpaired) electrons. The van der Waals surface area contributed by atoms with Gasteiger partial charge in [-0.15, -0.1) is 0 Å². The predicted molar refractivity (Wildman–Crippen MR) is 60.2 cm³/mol. The van der Waals surface area contributed by atoms with E-state index in [2.05, 4.69) is 5.32 Å². The third kappa shape index (κ3) is 2.19. The number of hydrogen-bond acceptors (Lipinski definition) is 3. The lowest BCUT2D eigenvalue weighted by molar-refractivity contribution is 0.0374. The fraction of sp³-hybridized carbons (Fsp3) is 1.00. The summed E-state index contributed by atoms with van der Waals surface area (Å²) in [5.74, 6) is 0.307. The van der Waals surface area contributed by atoms with Crippen LogP contribution in [0.4, 0.5) is 0 Å². The molecule has 2 rings (SSSR count). The number of nitrogens with one attached hydrogen (secondary N) is 1. The van der Waals surface area contributed by atoms with Crippen LogP contribution in [0, 0.1) is 5.41 Å². The molecule has 4 nitrogen and oxygen atoms in total. The summed E-state index contributed by atoms with van der Waals surface area (Å²) in [5.41, 5.74) is 0.312. The highest BCUT2D eigenvalue weighted by molar-refractivity contribution is 7.89. The van der Waals surface area contributed by atoms with Crippen LogP contribution in [0.25, 0.3) is 0 Å². The van der Waals surface area contributed by atoms with Crippen molar-refractivity contribution in [1.29, 1.82) is 0 Å². The molecule has 15 heavy (non-hydrogen) atoms. The minimum Gasteiger partial charge on any atom is -0.317 e. The second kappa shape index (κ2) is 4.03. The first-order valence-corrected chi connectivity index (χ1v) is 7.37. The van der Waals surface area contributed by atoms with Crippen molar-refractivity contribution >= 4 is 10.0 Å². The van der Waals surface area contributed by atoms with Gasteiger partial charge in [0.05, 0.1) is 5.75 Å². The van der Waals surface area contributed by atoms with Gasteiger partial charge in [0.1, 0.15) is 0 Å². The van der Waals surface area contributed by atoms with Crippen LogP contribution < -0.4 is 5.32 Å². The molecule has 2 aliphatic rings. The highest BCUT2D eigenvalue weighted by atomic mass is 32.2. The SMILES string of the molecule is CCCS(=O)(=O)N1CC2(CCNCC2)C1. The van der Waals surface area contributed by atoms with Gasteiger partial charge >= 0.3 is 0 Å². The first-order chi connectivity index (χ1) is 7.08. The third-order valence-corrected chi connectivity index (χ3v) is 5.51. The molecule has 0 aromatic rings. The van der Waals surface area contributed by atoms with E-state index in [1.807, 2.05) is 6.92 Å². The second-order valence-electron chi connectivity index (χ2n) is 4.83. The zero-order chi connectivity index (χ0) is 10.9. The van der Waals surface area contributed by atoms with Crippen LogP contribution in [0.15, 0.2) is 0 Å². The minimum absolute atomic E-state index is 0.307. The van der Waals surface area contributed by atoms with Crippen LogP contribution in [0.2, 0.25) is 0 Å². The highest BCUT2D eigenvalue weighted by Gasteiger charge is 2.47. The van der Waals surface area contributed by atoms with E-state index in [1.54, 1.807) is 4.31 Å². The quantitative estimate of drug-likeness (QED) is 0.767. The van der Waals surface area contributed by atoms with Crippen molar-refractivity contribution in [3.05, 3.63) is 0 Å². The van der Waals surface area contributed by atoms with Gasteiger partial charge in [-0.1, -0.05) is 6.92 Å². The molecule has 2 heterocycles. The Morgan fingerprint density at radius 1 is 1.27 bits per heavy atom. The van der Waals surface area contributed by atoms with Gasteiger partial charge in [0.15, 0.2) is 0 Å². The highest BCUT2D eigenvalue weighted by Crippen LogP contribution is 2.40. The topological polar surface area (TPSA) is 49.4 Å². The van der Waals surface area contributed by atoms with E-state index in [-0.39, 0.29) is 0 Å². The van der Waals surface area contributed by atoms with Crippen LogP contribution in [0.1, 0.15) is 26.2 Å². The Morgan fingerprint density at radius 2 is 1.87 bits per heavy atom. The Kier molecular flexibility index (Phi) is 3.05. The molecule has 1 N–H and O–H groups in total. The molecule has 0 aromatic carbocycles. The first-order valence-electron chi connectivity index (χ1n) is 5.77. The van der Waals surface area contributed by atoms with Crippen molar-refractivity contribution in [3.8, 4) is 0 Å². The minimum atomic E-state index is -2.94. The smallest absolute Gasteiger partial charge is 0.214 e. The molecule has 0 unspecified atom stereocenters. The summed E-state index contributed by atoms with van der Waals surface area (Å²) < 4.78 is 25.2. The second-order valence-corrected chi connectivity index (χ2v) is 6.92. The number of hydrogen-bond donors (Lipinski definition) is 1. The van der Waals surface area contributed by atoms with Gasteiger partial charge in [-0.25, -0.2) is 12.7 Å². The molecular weight excluding hydrogens is 212 g/mol. The van der Waals surface area contributed by atoms with Crippen LogP contribution >= 0.6 is 0 Å². The van der Waals surface area contributed by atoms with E-state index in [0.29, 0.717) is 17.6 Å². The number of rotatable bonds is 3. The summed E-state index contributed by atoms with van der Waals surface area (Å²) in [6, 6.07) is 0. The van der Waals surface area contributed by atoms with Gasteiger partial charge < -0.3 is 5.32 Å². The molecule has 0 bridgehead atoms. The summed E-state index contributed by atoms with van der Waals surface area (Å²) in [6.45, 7) is 5.52. The van der Waals surface area contributed by atoms with Crippen LogP contribution in [-0.2, 0) is 10.0 Å². The van der Waals surface area contributed by atoms with Crippen molar-refractivity contribution in [1.82, 2.24) is 9.62 Å². The molecule has 0 saturated carbocycles. The Hall–Kier alpha value is -0.130. The van der Waals surface area contributed by atoms with Crippen molar-refractivity contribution in [2.24, 2.45) is 5.41 Å². The Morgan fingerprint density at radius 3 is 2.40 bits per heavy atom. The summed E-state index contributed by atoms with van der Waals surface area (Å²) in [4.78, 5) is 0. The zero-order valence-corrected chi connectivity index (χ0v) is 10.1. The maximum Gasteiger partial charge on any atom is 0.214 e. The molecule has 2 aliphatic heterocycles. The third-order valence-electron chi connectivity index (χ3n) is 3.54. The van der Waals surface area contributed by atoms with Crippen molar-refractivity contribution in [2.45, 2.75) is 26.2 Å². The summed E-state index contributed by atoms with van der Waals surface area (Å²) in [5, 5.41) is 3.32. The Labute approximate surface area is 92.1 Å². The zero-order valence-electron chi connectivity index (χ0n) is 9.33. The summed E-state index contributed by atoms with van der Waals surface area (Å²) in [7, 11) is -2.94. The van der Waals surface area contributed by atoms with Gasteiger partial charge in [0.25, 0.3) is 0 Å². The molecule has 0 aromatic heterocycles. The molecule has 2 fully saturated rings. The molecule has 88 valence electrons. The van der Waals surface area contributed by atoms with Gasteiger partial charge in [0, 0.05) is 18.5 Å². The number of nitrogens with zero attached hydrogens (tertiary/aromatic N) is 1. The average molecular weight is 232 g/mol. The summed E-state index contributed by atoms with van der Waals surface area (Å²) in [6.07, 6.45) is 2.98. The lowest BCUT2D eigenvalue weighted by Crippen LogP contribution is -2.61. The lowest BCUT2D eigenvalue weighted by Gasteiger charge is -2.51. The monoisotopic (exact) mass is 232 g/mol. The predicted octanol–water partition coefficient (Wildman–Crippen LogP) is 0.412. The van der Waals surface area contributed by atoms with E-state index < -0.39 is 10.0 Å². The first kappa shape index (κ1) is 11.4. The molecular formula is C10H20N2O2S. The van der Waals surface area contributed by atoms with Gasteiger partial charge in [-0.2, -0.15) is 0 Å². The molecule has 0 amide bonds. The summed E-state index contributed by atoms with van der Waals surface area (Å²) >= 11 is 0. The van der Waals surface area contributed by atoms with E-state index in [1.165, 1.54) is 0 Å². The fourth-order valence-electron chi connectivity index (χ4n) is 2.56. The van der Waals surface area contributed by atoms with Crippen LogP contribution in [-0.4, -0.2) is 44.7 Å².